The number of nitrogens with one attached hydrogen (secondary N) is 1. The van der Waals surface area contributed by atoms with Gasteiger partial charge in [0.25, 0.3) is 0 Å². The SMILES string of the molecule is CC1CC=CCC1COCC(O)CNC(C)(CO)CO. The van der Waals surface area contributed by atoms with Crippen molar-refractivity contribution in [2.24, 2.45) is 11.8 Å². The number of hydrogen-bond donors (Lipinski definition) is 4. The van der Waals surface area contributed by atoms with E-state index < -0.39 is 11.6 Å². The monoisotopic (exact) mass is 287 g/mol. The van der Waals surface area contributed by atoms with Gasteiger partial charge in [0, 0.05) is 6.54 Å². The average molecular weight is 287 g/mol. The third-order valence-corrected chi connectivity index (χ3v) is 4.02. The standard InChI is InChI=1S/C15H29NO4/c1-12-5-3-4-6-13(12)8-20-9-14(19)7-16-15(2,10-17)11-18/h3-4,12-14,16-19H,5-11H2,1-2H3. The van der Waals surface area contributed by atoms with Gasteiger partial charge >= 0.3 is 0 Å². The molecular formula is C15H29NO4. The largest absolute Gasteiger partial charge is 0.394 e. The van der Waals surface area contributed by atoms with Crippen molar-refractivity contribution in [3.63, 3.8) is 0 Å². The number of β-amino-alcohol motifs (C(OH)–C–C–N with tert-alkyl or cyclic N) is 1. The summed E-state index contributed by atoms with van der Waals surface area (Å²) in [5.74, 6) is 1.16. The van der Waals surface area contributed by atoms with Crippen LogP contribution < -0.4 is 5.32 Å². The van der Waals surface area contributed by atoms with Gasteiger partial charge < -0.3 is 25.4 Å². The maximum absolute atomic E-state index is 9.83. The Morgan fingerprint density at radius 1 is 1.30 bits per heavy atom. The van der Waals surface area contributed by atoms with Crippen LogP contribution in [0.5, 0.6) is 0 Å². The average Bonchev–Trinajstić information content (AvgIpc) is 2.47. The van der Waals surface area contributed by atoms with E-state index in [0.717, 1.165) is 12.8 Å². The molecule has 0 fully saturated rings. The van der Waals surface area contributed by atoms with E-state index in [1.54, 1.807) is 6.92 Å². The van der Waals surface area contributed by atoms with Gasteiger partial charge in [-0.3, -0.25) is 0 Å². The lowest BCUT2D eigenvalue weighted by Crippen LogP contribution is -2.52. The zero-order valence-corrected chi connectivity index (χ0v) is 12.6. The molecule has 0 bridgehead atoms. The minimum Gasteiger partial charge on any atom is -0.394 e. The Kier molecular flexibility index (Phi) is 7.69. The quantitative estimate of drug-likeness (QED) is 0.459. The Bertz CT molecular complexity index is 292. The van der Waals surface area contributed by atoms with Crippen LogP contribution in [0.25, 0.3) is 0 Å². The van der Waals surface area contributed by atoms with Gasteiger partial charge in [-0.2, -0.15) is 0 Å². The summed E-state index contributed by atoms with van der Waals surface area (Å²) >= 11 is 0. The Labute approximate surface area is 121 Å². The van der Waals surface area contributed by atoms with Crippen LogP contribution in [0.2, 0.25) is 0 Å². The highest BCUT2D eigenvalue weighted by molar-refractivity contribution is 4.93. The maximum Gasteiger partial charge on any atom is 0.0897 e. The third kappa shape index (κ3) is 5.89. The number of rotatable bonds is 9. The number of hydrogen-bond acceptors (Lipinski definition) is 5. The molecule has 1 rings (SSSR count). The van der Waals surface area contributed by atoms with Crippen LogP contribution >= 0.6 is 0 Å². The van der Waals surface area contributed by atoms with E-state index in [1.165, 1.54) is 0 Å². The van der Waals surface area contributed by atoms with Crippen LogP contribution in [0.3, 0.4) is 0 Å². The lowest BCUT2D eigenvalue weighted by atomic mass is 9.85. The highest BCUT2D eigenvalue weighted by Gasteiger charge is 2.23. The lowest BCUT2D eigenvalue weighted by Gasteiger charge is -2.28. The molecule has 0 saturated carbocycles. The van der Waals surface area contributed by atoms with Crippen molar-refractivity contribution in [2.45, 2.75) is 38.3 Å². The van der Waals surface area contributed by atoms with Crippen molar-refractivity contribution in [3.05, 3.63) is 12.2 Å². The fourth-order valence-corrected chi connectivity index (χ4v) is 2.18. The molecule has 1 aliphatic rings. The van der Waals surface area contributed by atoms with E-state index in [1.807, 2.05) is 0 Å². The van der Waals surface area contributed by atoms with Crippen LogP contribution in [-0.2, 0) is 4.74 Å². The van der Waals surface area contributed by atoms with Crippen LogP contribution in [0, 0.1) is 11.8 Å². The minimum absolute atomic E-state index is 0.178. The molecular weight excluding hydrogens is 258 g/mol. The summed E-state index contributed by atoms with van der Waals surface area (Å²) < 4.78 is 5.59. The van der Waals surface area contributed by atoms with Crippen LogP contribution in [0.1, 0.15) is 26.7 Å². The van der Waals surface area contributed by atoms with Gasteiger partial charge in [0.1, 0.15) is 0 Å². The summed E-state index contributed by atoms with van der Waals surface area (Å²) in [6.07, 6.45) is 5.92. The zero-order chi connectivity index (χ0) is 15.0. The summed E-state index contributed by atoms with van der Waals surface area (Å²) in [7, 11) is 0. The van der Waals surface area contributed by atoms with Gasteiger partial charge in [0.05, 0.1) is 38.1 Å². The first-order valence-corrected chi connectivity index (χ1v) is 7.38. The Morgan fingerprint density at radius 3 is 2.55 bits per heavy atom. The van der Waals surface area contributed by atoms with Crippen LogP contribution in [0.15, 0.2) is 12.2 Å². The molecule has 4 N–H and O–H groups in total. The van der Waals surface area contributed by atoms with E-state index in [-0.39, 0.29) is 26.4 Å². The van der Waals surface area contributed by atoms with Gasteiger partial charge in [-0.15, -0.1) is 0 Å². The van der Waals surface area contributed by atoms with Gasteiger partial charge in [0.15, 0.2) is 0 Å². The fourth-order valence-electron chi connectivity index (χ4n) is 2.18. The number of aliphatic hydroxyl groups is 3. The molecule has 3 atom stereocenters. The predicted octanol–water partition coefficient (Wildman–Crippen LogP) is 0.299. The minimum atomic E-state index is -0.760. The summed E-state index contributed by atoms with van der Waals surface area (Å²) in [5, 5.41) is 31.0. The van der Waals surface area contributed by atoms with E-state index in [2.05, 4.69) is 24.4 Å². The summed E-state index contributed by atoms with van der Waals surface area (Å²) in [4.78, 5) is 0. The Hall–Kier alpha value is -0.460. The first kappa shape index (κ1) is 17.6. The van der Waals surface area contributed by atoms with Gasteiger partial charge in [-0.1, -0.05) is 19.1 Å². The molecule has 3 unspecified atom stereocenters. The van der Waals surface area contributed by atoms with Gasteiger partial charge in [-0.25, -0.2) is 0 Å². The molecule has 0 saturated heterocycles. The van der Waals surface area contributed by atoms with Gasteiger partial charge in [-0.05, 0) is 31.6 Å². The molecule has 5 heteroatoms. The molecule has 0 heterocycles. The number of aliphatic hydroxyl groups excluding tert-OH is 3. The zero-order valence-electron chi connectivity index (χ0n) is 12.6. The van der Waals surface area contributed by atoms with Crippen molar-refractivity contribution in [1.82, 2.24) is 5.32 Å². The normalized spacial score (nSPS) is 24.9. The van der Waals surface area contributed by atoms with E-state index >= 15 is 0 Å². The molecule has 0 aromatic heterocycles. The first-order valence-electron chi connectivity index (χ1n) is 7.38. The second-order valence-corrected chi connectivity index (χ2v) is 6.13. The predicted molar refractivity (Wildman–Crippen MR) is 78.4 cm³/mol. The molecule has 0 spiro atoms. The molecule has 0 aromatic carbocycles. The van der Waals surface area contributed by atoms with Crippen molar-refractivity contribution in [2.75, 3.05) is 33.0 Å². The maximum atomic E-state index is 9.83. The van der Waals surface area contributed by atoms with Crippen molar-refractivity contribution in [1.29, 1.82) is 0 Å². The topological polar surface area (TPSA) is 82.0 Å². The molecule has 118 valence electrons. The number of ether oxygens (including phenoxy) is 1. The molecule has 1 aliphatic carbocycles. The van der Waals surface area contributed by atoms with Crippen molar-refractivity contribution >= 4 is 0 Å². The Morgan fingerprint density at radius 2 is 1.95 bits per heavy atom. The molecule has 20 heavy (non-hydrogen) atoms. The molecule has 0 aliphatic heterocycles. The Balaban J connectivity index is 2.17. The third-order valence-electron chi connectivity index (χ3n) is 4.02. The molecule has 5 nitrogen and oxygen atoms in total. The van der Waals surface area contributed by atoms with Crippen LogP contribution in [-0.4, -0.2) is 59.9 Å². The summed E-state index contributed by atoms with van der Waals surface area (Å²) in [5.41, 5.74) is -0.760. The van der Waals surface area contributed by atoms with E-state index in [4.69, 9.17) is 14.9 Å². The first-order chi connectivity index (χ1) is 9.50. The summed E-state index contributed by atoms with van der Waals surface area (Å²) in [6.45, 7) is 4.80. The van der Waals surface area contributed by atoms with E-state index in [9.17, 15) is 5.11 Å². The lowest BCUT2D eigenvalue weighted by molar-refractivity contribution is 0.00541. The summed E-state index contributed by atoms with van der Waals surface area (Å²) in [6, 6.07) is 0. The van der Waals surface area contributed by atoms with Crippen molar-refractivity contribution in [3.8, 4) is 0 Å². The molecule has 0 radical (unpaired) electrons. The fraction of sp³-hybridized carbons (Fsp3) is 0.867. The van der Waals surface area contributed by atoms with Gasteiger partial charge in [0.2, 0.25) is 0 Å². The highest BCUT2D eigenvalue weighted by Crippen LogP contribution is 2.24. The highest BCUT2D eigenvalue weighted by atomic mass is 16.5. The second-order valence-electron chi connectivity index (χ2n) is 6.13. The van der Waals surface area contributed by atoms with Crippen molar-refractivity contribution < 1.29 is 20.1 Å². The van der Waals surface area contributed by atoms with E-state index in [0.29, 0.717) is 18.4 Å². The molecule has 0 amide bonds. The number of allylic oxidation sites excluding steroid dienone is 2. The van der Waals surface area contributed by atoms with Crippen LogP contribution in [0.4, 0.5) is 0 Å². The second kappa shape index (κ2) is 8.74. The molecule has 0 aromatic rings. The smallest absolute Gasteiger partial charge is 0.0897 e.